The van der Waals surface area contributed by atoms with Crippen molar-refractivity contribution in [3.63, 3.8) is 0 Å². The lowest BCUT2D eigenvalue weighted by atomic mass is 9.97. The van der Waals surface area contributed by atoms with E-state index >= 15 is 0 Å². The third-order valence-corrected chi connectivity index (χ3v) is 14.8. The number of hydrogen-bond acceptors (Lipinski definition) is 9. The molecule has 11 nitrogen and oxygen atoms in total. The van der Waals surface area contributed by atoms with E-state index in [1.165, 1.54) is 30.3 Å². The number of benzene rings is 10. The summed E-state index contributed by atoms with van der Waals surface area (Å²) < 4.78 is 47.8. The molecule has 2 heterocycles. The van der Waals surface area contributed by atoms with Gasteiger partial charge in [0, 0.05) is 21.5 Å². The summed E-state index contributed by atoms with van der Waals surface area (Å²) in [5.74, 6) is 0. The summed E-state index contributed by atoms with van der Waals surface area (Å²) in [7, 11) is 0. The molecule has 14 heteroatoms. The summed E-state index contributed by atoms with van der Waals surface area (Å²) in [6.07, 6.45) is -4.72. The molecule has 10 aromatic carbocycles. The Bertz CT molecular complexity index is 4640. The summed E-state index contributed by atoms with van der Waals surface area (Å²) in [4.78, 5) is 0. The van der Waals surface area contributed by atoms with E-state index in [0.717, 1.165) is 12.1 Å². The molecule has 0 N–H and O–H groups in total. The highest BCUT2D eigenvalue weighted by Crippen LogP contribution is 2.44. The van der Waals surface area contributed by atoms with Crippen molar-refractivity contribution < 1.29 is 13.2 Å². The lowest BCUT2D eigenvalue weighted by molar-refractivity contribution is -0.137. The maximum Gasteiger partial charge on any atom is 0.416 e. The highest BCUT2D eigenvalue weighted by molar-refractivity contribution is 6.14. The Balaban J connectivity index is 1.20. The zero-order valence-electron chi connectivity index (χ0n) is 43.4. The number of halogens is 3. The van der Waals surface area contributed by atoms with Crippen molar-refractivity contribution in [3.8, 4) is 122 Å². The topological polar surface area (TPSA) is 224 Å². The first-order chi connectivity index (χ1) is 40.8. The second-order valence-corrected chi connectivity index (χ2v) is 19.8. The van der Waals surface area contributed by atoms with Crippen LogP contribution in [0.5, 0.6) is 0 Å². The predicted octanol–water partition coefficient (Wildman–Crippen LogP) is 16.1. The van der Waals surface area contributed by atoms with Gasteiger partial charge in [0.15, 0.2) is 0 Å². The Kier molecular flexibility index (Phi) is 12.5. The molecular formula is C70H30F3N11. The first kappa shape index (κ1) is 51.7. The Labute approximate surface area is 476 Å². The molecule has 12 aromatic rings. The average molecular weight is 1080 g/mol. The minimum atomic E-state index is -4.72. The van der Waals surface area contributed by atoms with E-state index in [4.69, 9.17) is 0 Å². The number of rotatable bonds is 7. The third-order valence-electron chi connectivity index (χ3n) is 14.8. The van der Waals surface area contributed by atoms with E-state index in [1.54, 1.807) is 66.7 Å². The maximum absolute atomic E-state index is 14.7. The molecule has 0 bridgehead atoms. The smallest absolute Gasteiger partial charge is 0.308 e. The molecule has 0 unspecified atom stereocenters. The van der Waals surface area contributed by atoms with Gasteiger partial charge in [0.2, 0.25) is 0 Å². The molecule has 0 atom stereocenters. The first-order valence-electron chi connectivity index (χ1n) is 25.5. The van der Waals surface area contributed by atoms with Crippen LogP contribution in [0.15, 0.2) is 182 Å². The van der Waals surface area contributed by atoms with Crippen LogP contribution in [-0.4, -0.2) is 9.13 Å². The lowest BCUT2D eigenvalue weighted by Gasteiger charge is -2.19. The molecular weight excluding hydrogens is 1050 g/mol. The van der Waals surface area contributed by atoms with Gasteiger partial charge >= 0.3 is 6.18 Å². The molecule has 0 amide bonds. The normalized spacial score (nSPS) is 10.9. The quantitative estimate of drug-likeness (QED) is 0.148. The first-order valence-corrected chi connectivity index (χ1v) is 25.5. The molecule has 84 heavy (non-hydrogen) atoms. The predicted molar refractivity (Wildman–Crippen MR) is 310 cm³/mol. The van der Waals surface area contributed by atoms with Gasteiger partial charge in [-0.1, -0.05) is 36.4 Å². The second kappa shape index (κ2) is 20.3. The number of nitrogens with zero attached hydrogens (tertiary/aromatic N) is 11. The van der Waals surface area contributed by atoms with Crippen LogP contribution in [0.1, 0.15) is 55.6 Å². The van der Waals surface area contributed by atoms with Crippen molar-refractivity contribution in [2.24, 2.45) is 0 Å². The van der Waals surface area contributed by atoms with Crippen LogP contribution in [0.4, 0.5) is 13.2 Å². The van der Waals surface area contributed by atoms with Gasteiger partial charge in [0.25, 0.3) is 0 Å². The molecule has 2 aromatic heterocycles. The summed E-state index contributed by atoms with van der Waals surface area (Å²) in [5.41, 5.74) is 9.36. The Morgan fingerprint density at radius 1 is 0.262 bits per heavy atom. The van der Waals surface area contributed by atoms with Crippen LogP contribution in [0, 0.1) is 102 Å². The molecule has 386 valence electrons. The van der Waals surface area contributed by atoms with Gasteiger partial charge in [-0.3, -0.25) is 0 Å². The number of nitriles is 9. The maximum atomic E-state index is 14.7. The van der Waals surface area contributed by atoms with E-state index in [2.05, 4.69) is 54.6 Å². The number of alkyl halides is 3. The molecule has 0 saturated carbocycles. The second-order valence-electron chi connectivity index (χ2n) is 19.8. The van der Waals surface area contributed by atoms with Crippen molar-refractivity contribution >= 4 is 43.6 Å². The number of hydrogen-bond donors (Lipinski definition) is 0. The number of fused-ring (bicyclic) bond motifs is 6. The van der Waals surface area contributed by atoms with Crippen molar-refractivity contribution in [1.29, 1.82) is 47.4 Å². The average Bonchev–Trinajstić information content (AvgIpc) is 2.98. The number of aromatic nitrogens is 2. The fourth-order valence-corrected chi connectivity index (χ4v) is 11.1. The van der Waals surface area contributed by atoms with Gasteiger partial charge in [-0.15, -0.1) is 0 Å². The molecule has 12 rings (SSSR count). The van der Waals surface area contributed by atoms with Crippen LogP contribution in [-0.2, 0) is 6.18 Å². The Morgan fingerprint density at radius 2 is 0.524 bits per heavy atom. The molecule has 0 aliphatic carbocycles. The van der Waals surface area contributed by atoms with Crippen molar-refractivity contribution in [3.05, 3.63) is 238 Å². The molecule has 0 radical (unpaired) electrons. The zero-order valence-corrected chi connectivity index (χ0v) is 43.4. The van der Waals surface area contributed by atoms with Crippen LogP contribution >= 0.6 is 0 Å². The largest absolute Gasteiger partial charge is 0.416 e. The van der Waals surface area contributed by atoms with E-state index in [0.29, 0.717) is 93.7 Å². The molecule has 0 spiro atoms. The van der Waals surface area contributed by atoms with E-state index in [1.807, 2.05) is 81.9 Å². The van der Waals surface area contributed by atoms with Gasteiger partial charge in [-0.2, -0.15) is 60.5 Å². The van der Waals surface area contributed by atoms with Gasteiger partial charge < -0.3 is 9.13 Å². The van der Waals surface area contributed by atoms with Gasteiger partial charge in [0.1, 0.15) is 11.6 Å². The van der Waals surface area contributed by atoms with Gasteiger partial charge in [-0.05, 0) is 201 Å². The van der Waals surface area contributed by atoms with Crippen LogP contribution in [0.25, 0.3) is 111 Å². The molecule has 0 aliphatic rings. The van der Waals surface area contributed by atoms with Gasteiger partial charge in [-0.25, -0.2) is 0 Å². The van der Waals surface area contributed by atoms with Crippen LogP contribution in [0.3, 0.4) is 0 Å². The minimum Gasteiger partial charge on any atom is -0.308 e. The van der Waals surface area contributed by atoms with E-state index in [-0.39, 0.29) is 67.0 Å². The van der Waals surface area contributed by atoms with Crippen LogP contribution < -0.4 is 0 Å². The Hall–Kier alpha value is -13.0. The fraction of sp³-hybridized carbons (Fsp3) is 0.0143. The van der Waals surface area contributed by atoms with Crippen molar-refractivity contribution in [2.45, 2.75) is 6.18 Å². The fourth-order valence-electron chi connectivity index (χ4n) is 11.1. The van der Waals surface area contributed by atoms with E-state index < -0.39 is 11.7 Å². The third kappa shape index (κ3) is 8.93. The molecule has 0 aliphatic heterocycles. The van der Waals surface area contributed by atoms with Crippen LogP contribution in [0.2, 0.25) is 0 Å². The summed E-state index contributed by atoms with van der Waals surface area (Å²) >= 11 is 0. The Morgan fingerprint density at radius 3 is 0.774 bits per heavy atom. The minimum absolute atomic E-state index is 0.103. The van der Waals surface area contributed by atoms with Crippen molar-refractivity contribution in [2.75, 3.05) is 0 Å². The molecule has 0 fully saturated rings. The van der Waals surface area contributed by atoms with Crippen molar-refractivity contribution in [1.82, 2.24) is 9.13 Å². The summed E-state index contributed by atoms with van der Waals surface area (Å²) in [5, 5.41) is 94.1. The van der Waals surface area contributed by atoms with E-state index in [9.17, 15) is 60.5 Å². The molecule has 0 saturated heterocycles. The standard InChI is InChI=1S/C70H30F3N11/c71-70(72,73)58-3-1-2-48(24-58)57-29-68(83-64-8-4-49(53-16-40(31-74)12-41(17-53)32-75)25-59(64)60-26-50(5-9-65(60)83)54-18-42(33-76)13-43(19-54)34-77)63(39-82)69(30-57)84-66-10-6-51(55-20-44(35-78)14-45(21-55)36-79)27-61(66)62-28-52(7-11-67(62)84)56-22-46(37-80)15-47(23-56)38-81/h1-30H. The summed E-state index contributed by atoms with van der Waals surface area (Å²) in [6.45, 7) is 0. The SMILES string of the molecule is N#Cc1cc(C#N)cc(-c2ccc3c(c2)c2cc(-c4cc(C#N)cc(C#N)c4)ccc2n3-c2cc(-c3cccc(C(F)(F)F)c3)cc(-n3c4ccc(-c5cc(C#N)cc(C#N)c5)cc4c4cc(-c5cc(C#N)cc(C#N)c5)ccc43)c2C#N)c1. The van der Waals surface area contributed by atoms with Gasteiger partial charge in [0.05, 0.1) is 132 Å². The monoisotopic (exact) mass is 1080 g/mol. The lowest BCUT2D eigenvalue weighted by Crippen LogP contribution is -2.06. The highest BCUT2D eigenvalue weighted by Gasteiger charge is 2.31. The zero-order chi connectivity index (χ0) is 58.6. The summed E-state index contributed by atoms with van der Waals surface area (Å²) in [6, 6.07) is 69.2. The highest BCUT2D eigenvalue weighted by atomic mass is 19.4.